The summed E-state index contributed by atoms with van der Waals surface area (Å²) < 4.78 is 0. The van der Waals surface area contributed by atoms with Gasteiger partial charge in [0.1, 0.15) is 0 Å². The maximum Gasteiger partial charge on any atom is 0.251 e. The van der Waals surface area contributed by atoms with E-state index < -0.39 is 0 Å². The van der Waals surface area contributed by atoms with Crippen LogP contribution in [0.3, 0.4) is 0 Å². The van der Waals surface area contributed by atoms with E-state index in [9.17, 15) is 9.59 Å². The van der Waals surface area contributed by atoms with Crippen LogP contribution in [0.4, 0.5) is 0 Å². The Labute approximate surface area is 181 Å². The lowest BCUT2D eigenvalue weighted by molar-refractivity contribution is -0.133. The van der Waals surface area contributed by atoms with Crippen LogP contribution in [-0.2, 0) is 11.3 Å². The number of amides is 2. The van der Waals surface area contributed by atoms with Crippen LogP contribution in [-0.4, -0.2) is 54.3 Å². The van der Waals surface area contributed by atoms with E-state index in [0.717, 1.165) is 37.7 Å². The summed E-state index contributed by atoms with van der Waals surface area (Å²) in [5.41, 5.74) is 1.79. The average Bonchev–Trinajstić information content (AvgIpc) is 2.73. The van der Waals surface area contributed by atoms with Crippen molar-refractivity contribution in [3.63, 3.8) is 0 Å². The lowest BCUT2D eigenvalue weighted by Crippen LogP contribution is -2.48. The third-order valence-corrected chi connectivity index (χ3v) is 5.51. The molecule has 1 heterocycles. The Morgan fingerprint density at radius 2 is 1.45 bits per heavy atom. The topological polar surface area (TPSA) is 52.7 Å². The number of nitrogens with one attached hydrogen (secondary N) is 1. The minimum absolute atomic E-state index is 0.148. The number of hydrogen-bond donors (Lipinski definition) is 1. The van der Waals surface area contributed by atoms with Crippen molar-refractivity contribution < 1.29 is 9.59 Å². The van der Waals surface area contributed by atoms with Crippen LogP contribution in [0.5, 0.6) is 0 Å². The fourth-order valence-electron chi connectivity index (χ4n) is 3.31. The summed E-state index contributed by atoms with van der Waals surface area (Å²) in [5.74, 6) is 0.00168. The van der Waals surface area contributed by atoms with E-state index in [2.05, 4.69) is 10.2 Å². The van der Waals surface area contributed by atoms with Gasteiger partial charge in [-0.15, -0.1) is 0 Å². The Hall–Kier alpha value is -2.08. The third kappa shape index (κ3) is 6.74. The second-order valence-corrected chi connectivity index (χ2v) is 8.02. The van der Waals surface area contributed by atoms with Gasteiger partial charge in [-0.2, -0.15) is 0 Å². The first-order chi connectivity index (χ1) is 14.0. The molecule has 2 amide bonds. The number of piperazine rings is 1. The molecule has 7 heteroatoms. The minimum atomic E-state index is -0.148. The van der Waals surface area contributed by atoms with Gasteiger partial charge < -0.3 is 10.2 Å². The van der Waals surface area contributed by atoms with Crippen molar-refractivity contribution in [3.05, 3.63) is 69.7 Å². The molecule has 1 N–H and O–H groups in total. The van der Waals surface area contributed by atoms with Crippen LogP contribution in [0.25, 0.3) is 0 Å². The molecule has 1 aliphatic rings. The van der Waals surface area contributed by atoms with E-state index in [1.165, 1.54) is 5.56 Å². The number of rotatable bonds is 7. The maximum absolute atomic E-state index is 12.4. The normalized spacial score (nSPS) is 14.6. The molecule has 1 fully saturated rings. The molecule has 0 aromatic heterocycles. The highest BCUT2D eigenvalue weighted by Gasteiger charge is 2.20. The van der Waals surface area contributed by atoms with E-state index in [1.54, 1.807) is 24.3 Å². The zero-order valence-electron chi connectivity index (χ0n) is 16.2. The molecule has 0 saturated carbocycles. The quantitative estimate of drug-likeness (QED) is 0.674. The summed E-state index contributed by atoms with van der Waals surface area (Å²) >= 11 is 11.8. The fraction of sp³-hybridized carbons (Fsp3) is 0.364. The van der Waals surface area contributed by atoms with E-state index in [4.69, 9.17) is 23.2 Å². The molecule has 0 bridgehead atoms. The van der Waals surface area contributed by atoms with Crippen molar-refractivity contribution in [1.82, 2.24) is 15.1 Å². The predicted molar refractivity (Wildman–Crippen MR) is 116 cm³/mol. The summed E-state index contributed by atoms with van der Waals surface area (Å²) in [6, 6.07) is 14.6. The first-order valence-electron chi connectivity index (χ1n) is 9.79. The number of halogens is 2. The highest BCUT2D eigenvalue weighted by molar-refractivity contribution is 6.30. The van der Waals surface area contributed by atoms with Gasteiger partial charge in [-0.1, -0.05) is 35.3 Å². The number of carbonyl (C=O) groups is 2. The molecule has 5 nitrogen and oxygen atoms in total. The van der Waals surface area contributed by atoms with Crippen molar-refractivity contribution in [2.24, 2.45) is 0 Å². The SMILES string of the molecule is O=C(NCCCC(=O)N1CCN(Cc2ccc(Cl)cc2)CC1)c1ccc(Cl)cc1. The zero-order valence-corrected chi connectivity index (χ0v) is 17.8. The summed E-state index contributed by atoms with van der Waals surface area (Å²) in [6.07, 6.45) is 1.07. The highest BCUT2D eigenvalue weighted by Crippen LogP contribution is 2.13. The van der Waals surface area contributed by atoms with Gasteiger partial charge in [0, 0.05) is 61.3 Å². The summed E-state index contributed by atoms with van der Waals surface area (Å²) in [4.78, 5) is 28.7. The monoisotopic (exact) mass is 433 g/mol. The van der Waals surface area contributed by atoms with Crippen molar-refractivity contribution in [2.75, 3.05) is 32.7 Å². The Bertz CT molecular complexity index is 817. The number of nitrogens with zero attached hydrogens (tertiary/aromatic N) is 2. The van der Waals surface area contributed by atoms with Gasteiger partial charge >= 0.3 is 0 Å². The Kier molecular flexibility index (Phi) is 7.92. The van der Waals surface area contributed by atoms with Gasteiger partial charge in [0.15, 0.2) is 0 Å². The second-order valence-electron chi connectivity index (χ2n) is 7.15. The van der Waals surface area contributed by atoms with E-state index >= 15 is 0 Å². The van der Waals surface area contributed by atoms with E-state index in [1.807, 2.05) is 29.2 Å². The summed E-state index contributed by atoms with van der Waals surface area (Å²) in [5, 5.41) is 4.19. The standard InChI is InChI=1S/C22H25Cl2N3O2/c23-19-7-3-17(4-8-19)16-26-12-14-27(15-13-26)21(28)2-1-11-25-22(29)18-5-9-20(24)10-6-18/h3-10H,1-2,11-16H2,(H,25,29). The molecule has 0 atom stereocenters. The molecule has 154 valence electrons. The molecule has 29 heavy (non-hydrogen) atoms. The van der Waals surface area contributed by atoms with Gasteiger partial charge in [-0.25, -0.2) is 0 Å². The maximum atomic E-state index is 12.4. The highest BCUT2D eigenvalue weighted by atomic mass is 35.5. The molecule has 0 radical (unpaired) electrons. The van der Waals surface area contributed by atoms with Crippen LogP contribution < -0.4 is 5.32 Å². The Balaban J connectivity index is 1.33. The Morgan fingerprint density at radius 3 is 2.07 bits per heavy atom. The van der Waals surface area contributed by atoms with Crippen molar-refractivity contribution >= 4 is 35.0 Å². The van der Waals surface area contributed by atoms with Gasteiger partial charge in [-0.3, -0.25) is 14.5 Å². The van der Waals surface area contributed by atoms with Crippen LogP contribution in [0.15, 0.2) is 48.5 Å². The fourth-order valence-corrected chi connectivity index (χ4v) is 3.56. The molecule has 0 aliphatic carbocycles. The number of benzene rings is 2. The zero-order chi connectivity index (χ0) is 20.6. The van der Waals surface area contributed by atoms with Crippen molar-refractivity contribution in [2.45, 2.75) is 19.4 Å². The molecule has 2 aromatic carbocycles. The average molecular weight is 434 g/mol. The molecular formula is C22H25Cl2N3O2. The lowest BCUT2D eigenvalue weighted by Gasteiger charge is -2.34. The molecule has 2 aromatic rings. The Morgan fingerprint density at radius 1 is 0.862 bits per heavy atom. The van der Waals surface area contributed by atoms with Crippen molar-refractivity contribution in [1.29, 1.82) is 0 Å². The molecule has 0 unspecified atom stereocenters. The van der Waals surface area contributed by atoms with Crippen LogP contribution >= 0.6 is 23.2 Å². The van der Waals surface area contributed by atoms with Gasteiger partial charge in [0.25, 0.3) is 5.91 Å². The van der Waals surface area contributed by atoms with Crippen molar-refractivity contribution in [3.8, 4) is 0 Å². The first kappa shape index (κ1) is 21.6. The largest absolute Gasteiger partial charge is 0.352 e. The van der Waals surface area contributed by atoms with Gasteiger partial charge in [0.05, 0.1) is 0 Å². The van der Waals surface area contributed by atoms with Crippen LogP contribution in [0.1, 0.15) is 28.8 Å². The number of carbonyl (C=O) groups excluding carboxylic acids is 2. The molecular weight excluding hydrogens is 409 g/mol. The number of hydrogen-bond acceptors (Lipinski definition) is 3. The minimum Gasteiger partial charge on any atom is -0.352 e. The lowest BCUT2D eigenvalue weighted by atomic mass is 10.2. The second kappa shape index (κ2) is 10.6. The van der Waals surface area contributed by atoms with Crippen LogP contribution in [0.2, 0.25) is 10.0 Å². The van der Waals surface area contributed by atoms with Gasteiger partial charge in [0.2, 0.25) is 5.91 Å². The summed E-state index contributed by atoms with van der Waals surface area (Å²) in [7, 11) is 0. The molecule has 1 saturated heterocycles. The molecule has 1 aliphatic heterocycles. The first-order valence-corrected chi connectivity index (χ1v) is 10.6. The third-order valence-electron chi connectivity index (χ3n) is 5.00. The van der Waals surface area contributed by atoms with E-state index in [-0.39, 0.29) is 11.8 Å². The van der Waals surface area contributed by atoms with E-state index in [0.29, 0.717) is 30.0 Å². The molecule has 0 spiro atoms. The smallest absolute Gasteiger partial charge is 0.251 e. The van der Waals surface area contributed by atoms with Crippen LogP contribution in [0, 0.1) is 0 Å². The summed E-state index contributed by atoms with van der Waals surface area (Å²) in [6.45, 7) is 4.55. The predicted octanol–water partition coefficient (Wildman–Crippen LogP) is 3.85. The molecule has 3 rings (SSSR count). The van der Waals surface area contributed by atoms with Gasteiger partial charge in [-0.05, 0) is 48.4 Å².